The number of anilines is 1. The van der Waals surface area contributed by atoms with Crippen LogP contribution in [0.15, 0.2) is 48.5 Å². The van der Waals surface area contributed by atoms with E-state index < -0.39 is 0 Å². The van der Waals surface area contributed by atoms with Crippen molar-refractivity contribution in [1.29, 1.82) is 0 Å². The van der Waals surface area contributed by atoms with E-state index in [1.54, 1.807) is 19.2 Å². The Morgan fingerprint density at radius 1 is 1.10 bits per heavy atom. The van der Waals surface area contributed by atoms with E-state index in [0.29, 0.717) is 6.61 Å². The summed E-state index contributed by atoms with van der Waals surface area (Å²) in [6, 6.07) is 15.1. The van der Waals surface area contributed by atoms with Crippen LogP contribution in [0.4, 0.5) is 10.1 Å². The Morgan fingerprint density at radius 3 is 2.60 bits per heavy atom. The highest BCUT2D eigenvalue weighted by Crippen LogP contribution is 2.14. The number of ether oxygens (including phenoxy) is 1. The standard InChI is InChI=1S/C17H20FNO/c1-13(9-14-5-3-7-16(18)10-14)19-17-8-4-6-15(11-17)12-20-2/h3-8,10-11,13,19H,9,12H2,1-2H3. The largest absolute Gasteiger partial charge is 0.382 e. The quantitative estimate of drug-likeness (QED) is 0.858. The van der Waals surface area contributed by atoms with E-state index in [2.05, 4.69) is 18.3 Å². The van der Waals surface area contributed by atoms with Gasteiger partial charge in [-0.25, -0.2) is 4.39 Å². The van der Waals surface area contributed by atoms with Gasteiger partial charge in [0.1, 0.15) is 5.82 Å². The second-order valence-electron chi connectivity index (χ2n) is 5.01. The summed E-state index contributed by atoms with van der Waals surface area (Å²) in [7, 11) is 1.69. The van der Waals surface area contributed by atoms with Gasteiger partial charge in [-0.2, -0.15) is 0 Å². The zero-order valence-electron chi connectivity index (χ0n) is 11.9. The molecule has 106 valence electrons. The lowest BCUT2D eigenvalue weighted by Gasteiger charge is -2.16. The summed E-state index contributed by atoms with van der Waals surface area (Å²) in [6.45, 7) is 2.70. The van der Waals surface area contributed by atoms with Crippen LogP contribution < -0.4 is 5.32 Å². The first-order valence-electron chi connectivity index (χ1n) is 6.76. The minimum Gasteiger partial charge on any atom is -0.382 e. The van der Waals surface area contributed by atoms with Gasteiger partial charge in [0, 0.05) is 18.8 Å². The molecule has 0 aliphatic carbocycles. The summed E-state index contributed by atoms with van der Waals surface area (Å²) in [4.78, 5) is 0. The van der Waals surface area contributed by atoms with Crippen LogP contribution in [-0.4, -0.2) is 13.2 Å². The zero-order valence-corrected chi connectivity index (χ0v) is 11.9. The summed E-state index contributed by atoms with van der Waals surface area (Å²) in [5.41, 5.74) is 3.19. The molecule has 0 aliphatic rings. The van der Waals surface area contributed by atoms with E-state index in [-0.39, 0.29) is 11.9 Å². The van der Waals surface area contributed by atoms with Gasteiger partial charge in [-0.15, -0.1) is 0 Å². The molecule has 0 bridgehead atoms. The van der Waals surface area contributed by atoms with Gasteiger partial charge in [0.2, 0.25) is 0 Å². The Bertz CT molecular complexity index is 556. The average molecular weight is 273 g/mol. The number of methoxy groups -OCH3 is 1. The van der Waals surface area contributed by atoms with Crippen molar-refractivity contribution in [3.05, 3.63) is 65.5 Å². The first-order valence-corrected chi connectivity index (χ1v) is 6.76. The predicted octanol–water partition coefficient (Wildman–Crippen LogP) is 4.02. The van der Waals surface area contributed by atoms with Gasteiger partial charge < -0.3 is 10.1 Å². The van der Waals surface area contributed by atoms with Gasteiger partial charge in [-0.05, 0) is 48.7 Å². The number of benzene rings is 2. The van der Waals surface area contributed by atoms with E-state index in [0.717, 1.165) is 23.2 Å². The second kappa shape index (κ2) is 7.06. The number of hydrogen-bond donors (Lipinski definition) is 1. The molecule has 2 aromatic carbocycles. The van der Waals surface area contributed by atoms with E-state index in [9.17, 15) is 4.39 Å². The third-order valence-corrected chi connectivity index (χ3v) is 3.08. The van der Waals surface area contributed by atoms with Crippen molar-refractivity contribution in [2.45, 2.75) is 26.0 Å². The highest BCUT2D eigenvalue weighted by atomic mass is 19.1. The van der Waals surface area contributed by atoms with Crippen LogP contribution in [0.2, 0.25) is 0 Å². The SMILES string of the molecule is COCc1cccc(NC(C)Cc2cccc(F)c2)c1. The summed E-state index contributed by atoms with van der Waals surface area (Å²) < 4.78 is 18.3. The molecule has 2 aromatic rings. The molecule has 2 rings (SSSR count). The molecule has 0 amide bonds. The van der Waals surface area contributed by atoms with Crippen LogP contribution >= 0.6 is 0 Å². The molecular formula is C17H20FNO. The molecule has 0 aliphatic heterocycles. The minimum absolute atomic E-state index is 0.184. The average Bonchev–Trinajstić information content (AvgIpc) is 2.39. The number of rotatable bonds is 6. The minimum atomic E-state index is -0.184. The summed E-state index contributed by atoms with van der Waals surface area (Å²) >= 11 is 0. The monoisotopic (exact) mass is 273 g/mol. The van der Waals surface area contributed by atoms with Crippen molar-refractivity contribution in [3.8, 4) is 0 Å². The van der Waals surface area contributed by atoms with Crippen molar-refractivity contribution < 1.29 is 9.13 Å². The molecule has 0 heterocycles. The fraction of sp³-hybridized carbons (Fsp3) is 0.294. The molecule has 20 heavy (non-hydrogen) atoms. The fourth-order valence-electron chi connectivity index (χ4n) is 2.27. The lowest BCUT2D eigenvalue weighted by Crippen LogP contribution is -2.18. The van der Waals surface area contributed by atoms with E-state index >= 15 is 0 Å². The van der Waals surface area contributed by atoms with Crippen LogP contribution in [-0.2, 0) is 17.8 Å². The van der Waals surface area contributed by atoms with E-state index in [1.165, 1.54) is 6.07 Å². The number of halogens is 1. The molecule has 1 N–H and O–H groups in total. The van der Waals surface area contributed by atoms with Crippen LogP contribution in [0.1, 0.15) is 18.1 Å². The van der Waals surface area contributed by atoms with Crippen LogP contribution in [0.3, 0.4) is 0 Å². The van der Waals surface area contributed by atoms with E-state index in [4.69, 9.17) is 4.74 Å². The zero-order chi connectivity index (χ0) is 14.4. The molecule has 2 nitrogen and oxygen atoms in total. The van der Waals surface area contributed by atoms with Crippen molar-refractivity contribution in [2.75, 3.05) is 12.4 Å². The van der Waals surface area contributed by atoms with Crippen molar-refractivity contribution >= 4 is 5.69 Å². The van der Waals surface area contributed by atoms with Gasteiger partial charge in [0.15, 0.2) is 0 Å². The lowest BCUT2D eigenvalue weighted by atomic mass is 10.1. The smallest absolute Gasteiger partial charge is 0.123 e. The molecule has 1 unspecified atom stereocenters. The maximum atomic E-state index is 13.1. The lowest BCUT2D eigenvalue weighted by molar-refractivity contribution is 0.185. The second-order valence-corrected chi connectivity index (χ2v) is 5.01. The fourth-order valence-corrected chi connectivity index (χ4v) is 2.27. The first kappa shape index (κ1) is 14.5. The molecule has 0 saturated heterocycles. The maximum Gasteiger partial charge on any atom is 0.123 e. The third kappa shape index (κ3) is 4.35. The topological polar surface area (TPSA) is 21.3 Å². The van der Waals surface area contributed by atoms with Crippen molar-refractivity contribution in [3.63, 3.8) is 0 Å². The Kier molecular flexibility index (Phi) is 5.13. The highest BCUT2D eigenvalue weighted by molar-refractivity contribution is 5.46. The molecule has 0 fully saturated rings. The van der Waals surface area contributed by atoms with Gasteiger partial charge in [-0.1, -0.05) is 24.3 Å². The molecule has 3 heteroatoms. The molecule has 0 spiro atoms. The molecule has 0 aromatic heterocycles. The summed E-state index contributed by atoms with van der Waals surface area (Å²) in [5.74, 6) is -0.184. The first-order chi connectivity index (χ1) is 9.67. The Balaban J connectivity index is 1.97. The predicted molar refractivity (Wildman–Crippen MR) is 80.3 cm³/mol. The molecule has 1 atom stereocenters. The molecule has 0 saturated carbocycles. The maximum absolute atomic E-state index is 13.1. The highest BCUT2D eigenvalue weighted by Gasteiger charge is 2.05. The number of nitrogens with one attached hydrogen (secondary N) is 1. The summed E-state index contributed by atoms with van der Waals surface area (Å²) in [5, 5.41) is 3.43. The van der Waals surface area contributed by atoms with Crippen LogP contribution in [0.5, 0.6) is 0 Å². The van der Waals surface area contributed by atoms with Gasteiger partial charge >= 0.3 is 0 Å². The van der Waals surface area contributed by atoms with Gasteiger partial charge in [0.25, 0.3) is 0 Å². The normalized spacial score (nSPS) is 12.2. The van der Waals surface area contributed by atoms with E-state index in [1.807, 2.05) is 24.3 Å². The summed E-state index contributed by atoms with van der Waals surface area (Å²) in [6.07, 6.45) is 0.784. The van der Waals surface area contributed by atoms with Gasteiger partial charge in [-0.3, -0.25) is 0 Å². The van der Waals surface area contributed by atoms with Gasteiger partial charge in [0.05, 0.1) is 6.61 Å². The molecular weight excluding hydrogens is 253 g/mol. The number of hydrogen-bond acceptors (Lipinski definition) is 2. The Morgan fingerprint density at radius 2 is 1.85 bits per heavy atom. The Labute approximate surface area is 119 Å². The van der Waals surface area contributed by atoms with Crippen molar-refractivity contribution in [2.24, 2.45) is 0 Å². The third-order valence-electron chi connectivity index (χ3n) is 3.08. The Hall–Kier alpha value is -1.87. The van der Waals surface area contributed by atoms with Crippen molar-refractivity contribution in [1.82, 2.24) is 0 Å². The van der Waals surface area contributed by atoms with Crippen LogP contribution in [0, 0.1) is 5.82 Å². The molecule has 0 radical (unpaired) electrons. The van der Waals surface area contributed by atoms with Crippen LogP contribution in [0.25, 0.3) is 0 Å².